The van der Waals surface area contributed by atoms with Gasteiger partial charge in [-0.15, -0.1) is 24.0 Å². The zero-order valence-electron chi connectivity index (χ0n) is 17.2. The second-order valence-corrected chi connectivity index (χ2v) is 6.33. The Balaban J connectivity index is 0.00000392. The van der Waals surface area contributed by atoms with Gasteiger partial charge in [0.15, 0.2) is 17.5 Å². The highest BCUT2D eigenvalue weighted by atomic mass is 127. The lowest BCUT2D eigenvalue weighted by molar-refractivity contribution is -0.149. The molecule has 0 atom stereocenters. The molecule has 1 aromatic rings. The van der Waals surface area contributed by atoms with Gasteiger partial charge >= 0.3 is 5.97 Å². The summed E-state index contributed by atoms with van der Waals surface area (Å²) in [4.78, 5) is 18.4. The Bertz CT molecular complexity index is 646. The van der Waals surface area contributed by atoms with E-state index in [1.54, 1.807) is 14.2 Å². The first-order chi connectivity index (χ1) is 13.1. The molecule has 28 heavy (non-hydrogen) atoms. The van der Waals surface area contributed by atoms with Gasteiger partial charge < -0.3 is 24.4 Å². The van der Waals surface area contributed by atoms with Crippen molar-refractivity contribution in [2.75, 3.05) is 40.5 Å². The molecule has 1 saturated heterocycles. The highest BCUT2D eigenvalue weighted by Crippen LogP contribution is 2.28. The molecule has 1 aliphatic heterocycles. The number of piperidine rings is 1. The quantitative estimate of drug-likeness (QED) is 0.266. The van der Waals surface area contributed by atoms with E-state index in [-0.39, 0.29) is 35.9 Å². The number of aliphatic imine (C=N–C) groups is 1. The van der Waals surface area contributed by atoms with Crippen LogP contribution in [0.4, 0.5) is 0 Å². The van der Waals surface area contributed by atoms with E-state index in [1.807, 2.05) is 32.0 Å². The van der Waals surface area contributed by atoms with Crippen molar-refractivity contribution in [3.8, 4) is 11.5 Å². The van der Waals surface area contributed by atoms with Crippen molar-refractivity contribution < 1.29 is 19.0 Å². The van der Waals surface area contributed by atoms with Crippen LogP contribution < -0.4 is 14.8 Å². The van der Waals surface area contributed by atoms with Crippen LogP contribution in [0.5, 0.6) is 11.5 Å². The number of esters is 1. The number of hydrogen-bond donors (Lipinski definition) is 1. The van der Waals surface area contributed by atoms with Crippen LogP contribution in [-0.4, -0.2) is 57.3 Å². The third-order valence-electron chi connectivity index (χ3n) is 4.60. The van der Waals surface area contributed by atoms with E-state index in [9.17, 15) is 4.79 Å². The molecule has 1 N–H and O–H groups in total. The van der Waals surface area contributed by atoms with Gasteiger partial charge in [0.25, 0.3) is 0 Å². The maximum Gasteiger partial charge on any atom is 0.309 e. The Labute approximate surface area is 184 Å². The molecule has 1 aliphatic rings. The number of nitrogens with one attached hydrogen (secondary N) is 1. The van der Waals surface area contributed by atoms with Crippen LogP contribution in [0.3, 0.4) is 0 Å². The molecule has 1 aromatic carbocycles. The van der Waals surface area contributed by atoms with Crippen molar-refractivity contribution in [1.29, 1.82) is 0 Å². The van der Waals surface area contributed by atoms with Gasteiger partial charge in [0.2, 0.25) is 0 Å². The van der Waals surface area contributed by atoms with E-state index in [0.29, 0.717) is 19.8 Å². The summed E-state index contributed by atoms with van der Waals surface area (Å²) in [5.41, 5.74) is 1.08. The number of ether oxygens (including phenoxy) is 3. The van der Waals surface area contributed by atoms with E-state index < -0.39 is 0 Å². The number of halogens is 1. The first-order valence-corrected chi connectivity index (χ1v) is 9.54. The van der Waals surface area contributed by atoms with E-state index >= 15 is 0 Å². The van der Waals surface area contributed by atoms with Gasteiger partial charge in [0.05, 0.1) is 26.2 Å². The Kier molecular flexibility index (Phi) is 11.0. The summed E-state index contributed by atoms with van der Waals surface area (Å²) in [6, 6.07) is 5.91. The van der Waals surface area contributed by atoms with Crippen LogP contribution in [0.25, 0.3) is 0 Å². The number of nitrogens with zero attached hydrogens (tertiary/aromatic N) is 2. The van der Waals surface area contributed by atoms with Gasteiger partial charge in [0.1, 0.15) is 0 Å². The molecule has 0 amide bonds. The fourth-order valence-electron chi connectivity index (χ4n) is 3.20. The Morgan fingerprint density at radius 3 is 2.50 bits per heavy atom. The summed E-state index contributed by atoms with van der Waals surface area (Å²) in [7, 11) is 3.42. The van der Waals surface area contributed by atoms with Crippen LogP contribution in [-0.2, 0) is 16.1 Å². The van der Waals surface area contributed by atoms with Crippen LogP contribution in [0, 0.1) is 5.92 Å². The van der Waals surface area contributed by atoms with Crippen LogP contribution in [0.15, 0.2) is 23.2 Å². The number of hydrogen-bond acceptors (Lipinski definition) is 5. The molecule has 8 heteroatoms. The molecule has 0 spiro atoms. The largest absolute Gasteiger partial charge is 0.493 e. The van der Waals surface area contributed by atoms with Crippen LogP contribution in [0.2, 0.25) is 0 Å². The zero-order chi connectivity index (χ0) is 19.6. The summed E-state index contributed by atoms with van der Waals surface area (Å²) in [5.74, 6) is 2.22. The lowest BCUT2D eigenvalue weighted by Gasteiger charge is -2.33. The average molecular weight is 505 g/mol. The lowest BCUT2D eigenvalue weighted by atomic mass is 9.97. The third-order valence-corrected chi connectivity index (χ3v) is 4.60. The summed E-state index contributed by atoms with van der Waals surface area (Å²) in [5, 5.41) is 3.39. The van der Waals surface area contributed by atoms with Gasteiger partial charge in [-0.2, -0.15) is 0 Å². The van der Waals surface area contributed by atoms with Gasteiger partial charge in [-0.3, -0.25) is 9.79 Å². The van der Waals surface area contributed by atoms with Crippen molar-refractivity contribution in [3.63, 3.8) is 0 Å². The third kappa shape index (κ3) is 6.72. The number of methoxy groups -OCH3 is 1. The monoisotopic (exact) mass is 505 g/mol. The SMILES string of the molecule is CCOC(=O)C1CCN(C(=NC)NCc2ccc(OCC)c(OC)c2)CC1.I. The van der Waals surface area contributed by atoms with Crippen molar-refractivity contribution in [2.45, 2.75) is 33.2 Å². The normalized spacial score (nSPS) is 14.9. The molecule has 0 aromatic heterocycles. The Morgan fingerprint density at radius 1 is 1.21 bits per heavy atom. The maximum absolute atomic E-state index is 11.9. The summed E-state index contributed by atoms with van der Waals surface area (Å²) < 4.78 is 16.1. The molecule has 0 bridgehead atoms. The second-order valence-electron chi connectivity index (χ2n) is 6.33. The molecule has 0 saturated carbocycles. The first-order valence-electron chi connectivity index (χ1n) is 9.54. The fourth-order valence-corrected chi connectivity index (χ4v) is 3.20. The van der Waals surface area contributed by atoms with Crippen LogP contribution >= 0.6 is 24.0 Å². The molecule has 158 valence electrons. The van der Waals surface area contributed by atoms with Gasteiger partial charge in [-0.1, -0.05) is 6.07 Å². The predicted octanol–water partition coefficient (Wildman–Crippen LogP) is 3.06. The van der Waals surface area contributed by atoms with Gasteiger partial charge in [-0.05, 0) is 44.4 Å². The highest BCUT2D eigenvalue weighted by molar-refractivity contribution is 14.0. The number of likely N-dealkylation sites (tertiary alicyclic amines) is 1. The van der Waals surface area contributed by atoms with E-state index in [1.165, 1.54) is 0 Å². The highest BCUT2D eigenvalue weighted by Gasteiger charge is 2.27. The second kappa shape index (κ2) is 12.7. The Hall–Kier alpha value is -1.71. The maximum atomic E-state index is 11.9. The molecule has 1 heterocycles. The van der Waals surface area contributed by atoms with E-state index in [2.05, 4.69) is 15.2 Å². The smallest absolute Gasteiger partial charge is 0.309 e. The Morgan fingerprint density at radius 2 is 1.93 bits per heavy atom. The molecule has 0 unspecified atom stereocenters. The standard InChI is InChI=1S/C20H31N3O4.HI/c1-5-26-17-8-7-15(13-18(17)25-4)14-22-20(21-3)23-11-9-16(10-12-23)19(24)27-6-2;/h7-8,13,16H,5-6,9-12,14H2,1-4H3,(H,21,22);1H. The first kappa shape index (κ1) is 24.3. The molecule has 0 aliphatic carbocycles. The van der Waals surface area contributed by atoms with Crippen molar-refractivity contribution in [1.82, 2.24) is 10.2 Å². The molecular formula is C20H32IN3O4. The molecular weight excluding hydrogens is 473 g/mol. The minimum atomic E-state index is -0.0819. The van der Waals surface area contributed by atoms with Gasteiger partial charge in [-0.25, -0.2) is 0 Å². The predicted molar refractivity (Wildman–Crippen MR) is 121 cm³/mol. The van der Waals surface area contributed by atoms with E-state index in [4.69, 9.17) is 14.2 Å². The summed E-state index contributed by atoms with van der Waals surface area (Å²) in [6.07, 6.45) is 1.58. The zero-order valence-corrected chi connectivity index (χ0v) is 19.5. The topological polar surface area (TPSA) is 72.4 Å². The van der Waals surface area contributed by atoms with E-state index in [0.717, 1.165) is 49.0 Å². The molecule has 2 rings (SSSR count). The number of carbonyl (C=O) groups is 1. The number of rotatable bonds is 7. The van der Waals surface area contributed by atoms with Crippen molar-refractivity contribution in [2.24, 2.45) is 10.9 Å². The van der Waals surface area contributed by atoms with Gasteiger partial charge in [0, 0.05) is 26.7 Å². The number of benzene rings is 1. The van der Waals surface area contributed by atoms with Crippen molar-refractivity contribution >= 4 is 35.9 Å². The molecule has 0 radical (unpaired) electrons. The summed E-state index contributed by atoms with van der Waals surface area (Å²) >= 11 is 0. The molecule has 1 fully saturated rings. The number of guanidine groups is 1. The molecule has 7 nitrogen and oxygen atoms in total. The fraction of sp³-hybridized carbons (Fsp3) is 0.600. The lowest BCUT2D eigenvalue weighted by Crippen LogP contribution is -2.46. The summed E-state index contributed by atoms with van der Waals surface area (Å²) in [6.45, 7) is 7.04. The van der Waals surface area contributed by atoms with Crippen LogP contribution in [0.1, 0.15) is 32.3 Å². The minimum Gasteiger partial charge on any atom is -0.493 e. The average Bonchev–Trinajstić information content (AvgIpc) is 2.70. The minimum absolute atomic E-state index is 0. The number of carbonyl (C=O) groups excluding carboxylic acids is 1. The van der Waals surface area contributed by atoms with Crippen molar-refractivity contribution in [3.05, 3.63) is 23.8 Å².